The van der Waals surface area contributed by atoms with Gasteiger partial charge in [0, 0.05) is 7.05 Å². The Morgan fingerprint density at radius 3 is 2.75 bits per heavy atom. The zero-order valence-electron chi connectivity index (χ0n) is 17.4. The molecule has 2 aromatic carbocycles. The molecule has 1 atom stereocenters. The third kappa shape index (κ3) is 4.11. The van der Waals surface area contributed by atoms with Crippen LogP contribution in [0.2, 0.25) is 0 Å². The summed E-state index contributed by atoms with van der Waals surface area (Å²) in [7, 11) is 1.77. The minimum Gasteiger partial charge on any atom is -0.486 e. The number of rotatable bonds is 6. The maximum absolute atomic E-state index is 12.7. The molecule has 0 radical (unpaired) electrons. The van der Waals surface area contributed by atoms with E-state index in [1.807, 2.05) is 54.6 Å². The SMILES string of the molecule is CN(C[C@@H]1COc2ccccc2O1)C(=O)CSc1ncnc2c1cnn2-c1ccccc1. The Kier molecular flexibility index (Phi) is 5.64. The third-order valence-corrected chi connectivity index (χ3v) is 6.12. The number of thioether (sulfide) groups is 1. The fourth-order valence-corrected chi connectivity index (χ4v) is 4.40. The average molecular weight is 448 g/mol. The lowest BCUT2D eigenvalue weighted by atomic mass is 10.2. The molecule has 2 aromatic heterocycles. The number of fused-ring (bicyclic) bond motifs is 2. The lowest BCUT2D eigenvalue weighted by molar-refractivity contribution is -0.128. The number of likely N-dealkylation sites (N-methyl/N-ethyl adjacent to an activating group) is 1. The van der Waals surface area contributed by atoms with Crippen LogP contribution in [0.25, 0.3) is 16.7 Å². The first-order valence-corrected chi connectivity index (χ1v) is 11.2. The highest BCUT2D eigenvalue weighted by atomic mass is 32.2. The number of hydrogen-bond acceptors (Lipinski definition) is 7. The van der Waals surface area contributed by atoms with E-state index in [0.29, 0.717) is 24.5 Å². The summed E-state index contributed by atoms with van der Waals surface area (Å²) in [6, 6.07) is 17.3. The van der Waals surface area contributed by atoms with Crippen LogP contribution in [-0.4, -0.2) is 62.6 Å². The van der Waals surface area contributed by atoms with Crippen LogP contribution in [0.1, 0.15) is 0 Å². The number of para-hydroxylation sites is 3. The Morgan fingerprint density at radius 1 is 1.12 bits per heavy atom. The second-order valence-corrected chi connectivity index (χ2v) is 8.33. The summed E-state index contributed by atoms with van der Waals surface area (Å²) in [5.74, 6) is 1.68. The average Bonchev–Trinajstić information content (AvgIpc) is 3.28. The normalized spacial score (nSPS) is 15.0. The number of aromatic nitrogens is 4. The van der Waals surface area contributed by atoms with Gasteiger partial charge in [-0.3, -0.25) is 4.79 Å². The first-order valence-electron chi connectivity index (χ1n) is 10.2. The van der Waals surface area contributed by atoms with Gasteiger partial charge in [-0.2, -0.15) is 5.10 Å². The van der Waals surface area contributed by atoms with Crippen LogP contribution in [0.3, 0.4) is 0 Å². The molecule has 3 heterocycles. The molecular formula is C23H21N5O3S. The molecule has 1 aliphatic rings. The zero-order chi connectivity index (χ0) is 21.9. The second kappa shape index (κ2) is 8.88. The van der Waals surface area contributed by atoms with Crippen molar-refractivity contribution in [3.8, 4) is 17.2 Å². The number of nitrogens with zero attached hydrogens (tertiary/aromatic N) is 5. The van der Waals surface area contributed by atoms with Crippen molar-refractivity contribution in [3.63, 3.8) is 0 Å². The van der Waals surface area contributed by atoms with Gasteiger partial charge < -0.3 is 14.4 Å². The quantitative estimate of drug-likeness (QED) is 0.332. The van der Waals surface area contributed by atoms with E-state index in [9.17, 15) is 4.79 Å². The Balaban J connectivity index is 1.23. The number of carbonyl (C=O) groups excluding carboxylic acids is 1. The van der Waals surface area contributed by atoms with Gasteiger partial charge >= 0.3 is 0 Å². The van der Waals surface area contributed by atoms with Crippen molar-refractivity contribution in [2.45, 2.75) is 11.1 Å². The maximum Gasteiger partial charge on any atom is 0.232 e. The molecule has 0 bridgehead atoms. The fourth-order valence-electron chi connectivity index (χ4n) is 3.50. The topological polar surface area (TPSA) is 82.4 Å². The number of amides is 1. The van der Waals surface area contributed by atoms with Crippen molar-refractivity contribution < 1.29 is 14.3 Å². The van der Waals surface area contributed by atoms with E-state index in [0.717, 1.165) is 21.8 Å². The Bertz CT molecular complexity index is 1250. The molecule has 0 aliphatic carbocycles. The van der Waals surface area contributed by atoms with Crippen molar-refractivity contribution in [3.05, 3.63) is 67.1 Å². The van der Waals surface area contributed by atoms with Gasteiger partial charge in [-0.05, 0) is 24.3 Å². The summed E-state index contributed by atoms with van der Waals surface area (Å²) in [5, 5.41) is 6.00. The number of benzene rings is 2. The molecule has 0 N–H and O–H groups in total. The molecule has 0 spiro atoms. The van der Waals surface area contributed by atoms with E-state index >= 15 is 0 Å². The molecule has 0 fully saturated rings. The van der Waals surface area contributed by atoms with Crippen LogP contribution in [0.4, 0.5) is 0 Å². The van der Waals surface area contributed by atoms with Gasteiger partial charge in [0.1, 0.15) is 18.0 Å². The van der Waals surface area contributed by atoms with Crippen LogP contribution in [0.15, 0.2) is 72.1 Å². The Labute approximate surface area is 189 Å². The van der Waals surface area contributed by atoms with Crippen LogP contribution < -0.4 is 9.47 Å². The summed E-state index contributed by atoms with van der Waals surface area (Å²) in [6.45, 7) is 0.853. The minimum atomic E-state index is -0.210. The van der Waals surface area contributed by atoms with Gasteiger partial charge in [0.05, 0.1) is 29.6 Å². The lowest BCUT2D eigenvalue weighted by Gasteiger charge is -2.29. The van der Waals surface area contributed by atoms with Crippen LogP contribution in [-0.2, 0) is 4.79 Å². The number of hydrogen-bond donors (Lipinski definition) is 0. The van der Waals surface area contributed by atoms with Gasteiger partial charge in [0.25, 0.3) is 0 Å². The highest BCUT2D eigenvalue weighted by molar-refractivity contribution is 8.00. The molecule has 1 aliphatic heterocycles. The van der Waals surface area contributed by atoms with Crippen molar-refractivity contribution in [1.82, 2.24) is 24.6 Å². The van der Waals surface area contributed by atoms with Crippen LogP contribution >= 0.6 is 11.8 Å². The highest BCUT2D eigenvalue weighted by Gasteiger charge is 2.24. The molecule has 1 amide bonds. The molecule has 0 saturated heterocycles. The minimum absolute atomic E-state index is 0.0142. The smallest absolute Gasteiger partial charge is 0.232 e. The van der Waals surface area contributed by atoms with E-state index < -0.39 is 0 Å². The predicted octanol–water partition coefficient (Wildman–Crippen LogP) is 3.21. The maximum atomic E-state index is 12.7. The summed E-state index contributed by atoms with van der Waals surface area (Å²) in [5.41, 5.74) is 1.63. The monoisotopic (exact) mass is 447 g/mol. The Morgan fingerprint density at radius 2 is 1.91 bits per heavy atom. The van der Waals surface area contributed by atoms with Gasteiger partial charge in [0.15, 0.2) is 23.3 Å². The van der Waals surface area contributed by atoms with E-state index in [1.165, 1.54) is 18.1 Å². The van der Waals surface area contributed by atoms with Crippen molar-refractivity contribution in [1.29, 1.82) is 0 Å². The summed E-state index contributed by atoms with van der Waals surface area (Å²) in [4.78, 5) is 23.2. The molecule has 32 heavy (non-hydrogen) atoms. The van der Waals surface area contributed by atoms with Gasteiger partial charge in [0.2, 0.25) is 5.91 Å². The molecule has 0 unspecified atom stereocenters. The van der Waals surface area contributed by atoms with E-state index in [1.54, 1.807) is 22.8 Å². The number of ether oxygens (including phenoxy) is 2. The molecule has 8 nitrogen and oxygen atoms in total. The highest BCUT2D eigenvalue weighted by Crippen LogP contribution is 2.31. The Hall–Kier alpha value is -3.59. The van der Waals surface area contributed by atoms with Crippen molar-refractivity contribution >= 4 is 28.7 Å². The van der Waals surface area contributed by atoms with E-state index in [4.69, 9.17) is 9.47 Å². The summed E-state index contributed by atoms with van der Waals surface area (Å²) < 4.78 is 13.5. The fraction of sp³-hybridized carbons (Fsp3) is 0.217. The van der Waals surface area contributed by atoms with Crippen LogP contribution in [0, 0.1) is 0 Å². The van der Waals surface area contributed by atoms with Crippen molar-refractivity contribution in [2.75, 3.05) is 26.0 Å². The zero-order valence-corrected chi connectivity index (χ0v) is 18.2. The molecular weight excluding hydrogens is 426 g/mol. The summed E-state index contributed by atoms with van der Waals surface area (Å²) in [6.07, 6.45) is 3.03. The number of carbonyl (C=O) groups is 1. The molecule has 0 saturated carbocycles. The first kappa shape index (κ1) is 20.3. The molecule has 4 aromatic rings. The van der Waals surface area contributed by atoms with Gasteiger partial charge in [-0.1, -0.05) is 42.1 Å². The van der Waals surface area contributed by atoms with E-state index in [-0.39, 0.29) is 17.8 Å². The molecule has 162 valence electrons. The van der Waals surface area contributed by atoms with Crippen LogP contribution in [0.5, 0.6) is 11.5 Å². The largest absolute Gasteiger partial charge is 0.486 e. The first-order chi connectivity index (χ1) is 15.7. The van der Waals surface area contributed by atoms with Gasteiger partial charge in [-0.25, -0.2) is 14.6 Å². The summed E-state index contributed by atoms with van der Waals surface area (Å²) >= 11 is 1.38. The third-order valence-electron chi connectivity index (χ3n) is 5.13. The second-order valence-electron chi connectivity index (χ2n) is 7.37. The van der Waals surface area contributed by atoms with Crippen molar-refractivity contribution in [2.24, 2.45) is 0 Å². The van der Waals surface area contributed by atoms with E-state index in [2.05, 4.69) is 15.1 Å². The predicted molar refractivity (Wildman–Crippen MR) is 121 cm³/mol. The van der Waals surface area contributed by atoms with Gasteiger partial charge in [-0.15, -0.1) is 0 Å². The molecule has 9 heteroatoms. The lowest BCUT2D eigenvalue weighted by Crippen LogP contribution is -2.42. The molecule has 5 rings (SSSR count). The standard InChI is InChI=1S/C23H21N5O3S/c1-27(12-17-13-30-19-9-5-6-10-20(19)31-17)21(29)14-32-23-18-11-26-28(22(18)24-15-25-23)16-7-3-2-4-8-16/h2-11,15,17H,12-14H2,1H3/t17-/m1/s1.